The number of hydrogen-bond donors (Lipinski definition) is 1. The molecular formula is C8H15N3OS. The smallest absolute Gasteiger partial charge is 0.202 e. The number of aromatic nitrogens is 2. The van der Waals surface area contributed by atoms with Crippen molar-refractivity contribution in [1.29, 1.82) is 0 Å². The van der Waals surface area contributed by atoms with Crippen LogP contribution in [0.2, 0.25) is 0 Å². The van der Waals surface area contributed by atoms with E-state index >= 15 is 0 Å². The molecular weight excluding hydrogens is 186 g/mol. The molecule has 74 valence electrons. The Morgan fingerprint density at radius 2 is 2.38 bits per heavy atom. The van der Waals surface area contributed by atoms with Gasteiger partial charge in [0, 0.05) is 24.7 Å². The van der Waals surface area contributed by atoms with E-state index in [1.807, 2.05) is 0 Å². The second-order valence-corrected chi connectivity index (χ2v) is 3.65. The van der Waals surface area contributed by atoms with Gasteiger partial charge in [-0.2, -0.15) is 4.37 Å². The summed E-state index contributed by atoms with van der Waals surface area (Å²) in [6.45, 7) is 4.74. The molecule has 1 rings (SSSR count). The zero-order valence-corrected chi connectivity index (χ0v) is 9.02. The summed E-state index contributed by atoms with van der Waals surface area (Å²) in [5.41, 5.74) is 0. The van der Waals surface area contributed by atoms with E-state index in [4.69, 9.17) is 4.74 Å². The standard InChI is InChI=1S/C8H15N3OS/c1-4-6(2)9-8-10-7(5-12-3)11-13-8/h6H,4-5H2,1-3H3,(H,9,10,11). The predicted octanol–water partition coefficient (Wildman–Crippen LogP) is 1.89. The Hall–Kier alpha value is -0.680. The van der Waals surface area contributed by atoms with Gasteiger partial charge in [-0.3, -0.25) is 0 Å². The molecule has 0 radical (unpaired) electrons. The van der Waals surface area contributed by atoms with Gasteiger partial charge in [0.05, 0.1) is 0 Å². The summed E-state index contributed by atoms with van der Waals surface area (Å²) in [6.07, 6.45) is 1.08. The van der Waals surface area contributed by atoms with Crippen molar-refractivity contribution in [2.75, 3.05) is 12.4 Å². The largest absolute Gasteiger partial charge is 0.377 e. The van der Waals surface area contributed by atoms with E-state index in [0.717, 1.165) is 17.4 Å². The maximum Gasteiger partial charge on any atom is 0.202 e. The molecule has 4 nitrogen and oxygen atoms in total. The molecule has 1 N–H and O–H groups in total. The Balaban J connectivity index is 2.48. The van der Waals surface area contributed by atoms with Crippen LogP contribution in [0.25, 0.3) is 0 Å². The molecule has 0 aliphatic carbocycles. The van der Waals surface area contributed by atoms with Crippen LogP contribution in [0.1, 0.15) is 26.1 Å². The van der Waals surface area contributed by atoms with E-state index in [0.29, 0.717) is 12.6 Å². The summed E-state index contributed by atoms with van der Waals surface area (Å²) in [7, 11) is 1.64. The normalized spacial score (nSPS) is 12.8. The van der Waals surface area contributed by atoms with Gasteiger partial charge in [0.1, 0.15) is 6.61 Å². The first-order valence-electron chi connectivity index (χ1n) is 4.34. The monoisotopic (exact) mass is 201 g/mol. The highest BCUT2D eigenvalue weighted by Crippen LogP contribution is 2.13. The molecule has 0 saturated heterocycles. The fraction of sp³-hybridized carbons (Fsp3) is 0.750. The highest BCUT2D eigenvalue weighted by Gasteiger charge is 2.05. The van der Waals surface area contributed by atoms with Crippen molar-refractivity contribution in [3.63, 3.8) is 0 Å². The van der Waals surface area contributed by atoms with Crippen LogP contribution in [0.3, 0.4) is 0 Å². The first-order chi connectivity index (χ1) is 6.26. The average Bonchev–Trinajstić information content (AvgIpc) is 2.53. The molecule has 0 fully saturated rings. The van der Waals surface area contributed by atoms with Crippen LogP contribution in [-0.4, -0.2) is 22.5 Å². The van der Waals surface area contributed by atoms with Crippen molar-refractivity contribution < 1.29 is 4.74 Å². The van der Waals surface area contributed by atoms with Crippen LogP contribution < -0.4 is 5.32 Å². The number of rotatable bonds is 5. The van der Waals surface area contributed by atoms with E-state index < -0.39 is 0 Å². The summed E-state index contributed by atoms with van der Waals surface area (Å²) in [4.78, 5) is 4.26. The van der Waals surface area contributed by atoms with Crippen molar-refractivity contribution in [2.45, 2.75) is 32.9 Å². The second kappa shape index (κ2) is 5.14. The van der Waals surface area contributed by atoms with Gasteiger partial charge in [0.2, 0.25) is 5.13 Å². The Kier molecular flexibility index (Phi) is 4.11. The molecule has 1 aromatic heterocycles. The van der Waals surface area contributed by atoms with Gasteiger partial charge in [-0.25, -0.2) is 4.98 Å². The lowest BCUT2D eigenvalue weighted by atomic mass is 10.3. The van der Waals surface area contributed by atoms with Gasteiger partial charge in [0.25, 0.3) is 0 Å². The van der Waals surface area contributed by atoms with Crippen molar-refractivity contribution >= 4 is 16.7 Å². The third kappa shape index (κ3) is 3.28. The van der Waals surface area contributed by atoms with Gasteiger partial charge >= 0.3 is 0 Å². The van der Waals surface area contributed by atoms with Crippen molar-refractivity contribution in [2.24, 2.45) is 0 Å². The Morgan fingerprint density at radius 1 is 1.62 bits per heavy atom. The first kappa shape index (κ1) is 10.4. The molecule has 1 unspecified atom stereocenters. The molecule has 0 spiro atoms. The lowest BCUT2D eigenvalue weighted by Crippen LogP contribution is -2.13. The lowest BCUT2D eigenvalue weighted by Gasteiger charge is -2.07. The van der Waals surface area contributed by atoms with Gasteiger partial charge < -0.3 is 10.1 Å². The van der Waals surface area contributed by atoms with Crippen LogP contribution >= 0.6 is 11.5 Å². The Morgan fingerprint density at radius 3 is 3.00 bits per heavy atom. The van der Waals surface area contributed by atoms with Crippen molar-refractivity contribution in [3.05, 3.63) is 5.82 Å². The molecule has 0 saturated carbocycles. The molecule has 0 aliphatic heterocycles. The van der Waals surface area contributed by atoms with E-state index in [1.54, 1.807) is 7.11 Å². The SMILES string of the molecule is CCC(C)Nc1nc(COC)ns1. The van der Waals surface area contributed by atoms with E-state index in [1.165, 1.54) is 11.5 Å². The average molecular weight is 201 g/mol. The van der Waals surface area contributed by atoms with Gasteiger partial charge in [0.15, 0.2) is 5.82 Å². The van der Waals surface area contributed by atoms with Crippen LogP contribution in [0.4, 0.5) is 5.13 Å². The molecule has 5 heteroatoms. The minimum atomic E-state index is 0.448. The number of methoxy groups -OCH3 is 1. The first-order valence-corrected chi connectivity index (χ1v) is 5.11. The maximum atomic E-state index is 4.93. The molecule has 0 aromatic carbocycles. The van der Waals surface area contributed by atoms with Crippen LogP contribution in [0.15, 0.2) is 0 Å². The zero-order valence-electron chi connectivity index (χ0n) is 8.20. The summed E-state index contributed by atoms with van der Waals surface area (Å²) < 4.78 is 9.06. The summed E-state index contributed by atoms with van der Waals surface area (Å²) in [6, 6.07) is 0.448. The summed E-state index contributed by atoms with van der Waals surface area (Å²) in [5.74, 6) is 0.748. The van der Waals surface area contributed by atoms with E-state index in [-0.39, 0.29) is 0 Å². The van der Waals surface area contributed by atoms with Crippen molar-refractivity contribution in [1.82, 2.24) is 9.36 Å². The number of hydrogen-bond acceptors (Lipinski definition) is 5. The van der Waals surface area contributed by atoms with Gasteiger partial charge in [-0.15, -0.1) is 0 Å². The number of nitrogens with one attached hydrogen (secondary N) is 1. The Labute approximate surface area is 82.5 Å². The number of nitrogens with zero attached hydrogens (tertiary/aromatic N) is 2. The topological polar surface area (TPSA) is 47.0 Å². The van der Waals surface area contributed by atoms with Crippen molar-refractivity contribution in [3.8, 4) is 0 Å². The molecule has 13 heavy (non-hydrogen) atoms. The zero-order chi connectivity index (χ0) is 9.68. The van der Waals surface area contributed by atoms with E-state index in [9.17, 15) is 0 Å². The lowest BCUT2D eigenvalue weighted by molar-refractivity contribution is 0.179. The van der Waals surface area contributed by atoms with Crippen LogP contribution in [0.5, 0.6) is 0 Å². The minimum Gasteiger partial charge on any atom is -0.377 e. The maximum absolute atomic E-state index is 4.93. The number of anilines is 1. The molecule has 1 atom stereocenters. The fourth-order valence-corrected chi connectivity index (χ4v) is 1.50. The Bertz CT molecular complexity index is 251. The molecule has 0 bridgehead atoms. The van der Waals surface area contributed by atoms with Gasteiger partial charge in [-0.05, 0) is 13.3 Å². The van der Waals surface area contributed by atoms with Gasteiger partial charge in [-0.1, -0.05) is 6.92 Å². The highest BCUT2D eigenvalue weighted by molar-refractivity contribution is 7.09. The van der Waals surface area contributed by atoms with E-state index in [2.05, 4.69) is 28.5 Å². The second-order valence-electron chi connectivity index (χ2n) is 2.90. The summed E-state index contributed by atoms with van der Waals surface area (Å²) >= 11 is 1.38. The molecule has 1 aromatic rings. The minimum absolute atomic E-state index is 0.448. The number of ether oxygens (including phenoxy) is 1. The van der Waals surface area contributed by atoms with Crippen LogP contribution in [-0.2, 0) is 11.3 Å². The third-order valence-electron chi connectivity index (χ3n) is 1.72. The fourth-order valence-electron chi connectivity index (χ4n) is 0.813. The highest BCUT2D eigenvalue weighted by atomic mass is 32.1. The molecule has 1 heterocycles. The molecule has 0 aliphatic rings. The quantitative estimate of drug-likeness (QED) is 0.790. The van der Waals surface area contributed by atoms with Crippen LogP contribution in [0, 0.1) is 0 Å². The summed E-state index contributed by atoms with van der Waals surface area (Å²) in [5, 5.41) is 4.14. The molecule has 0 amide bonds. The predicted molar refractivity (Wildman–Crippen MR) is 54.0 cm³/mol. The third-order valence-corrected chi connectivity index (χ3v) is 2.41.